The molecule has 59 heavy (non-hydrogen) atoms. The molecule has 5 unspecified atom stereocenters. The lowest BCUT2D eigenvalue weighted by molar-refractivity contribution is -0.145. The highest BCUT2D eigenvalue weighted by Crippen LogP contribution is 2.35. The van der Waals surface area contributed by atoms with Crippen LogP contribution in [0.5, 0.6) is 0 Å². The number of likely N-dealkylation sites (tertiary alicyclic amines) is 1. The number of nitrogens with zero attached hydrogens (tertiary/aromatic N) is 2. The zero-order valence-corrected chi connectivity index (χ0v) is 36.0. The summed E-state index contributed by atoms with van der Waals surface area (Å²) in [6.45, 7) is 10.5. The van der Waals surface area contributed by atoms with E-state index in [4.69, 9.17) is 23.9 Å². The van der Waals surface area contributed by atoms with Crippen LogP contribution in [0.4, 0.5) is 0 Å². The van der Waals surface area contributed by atoms with Gasteiger partial charge in [0, 0.05) is 62.8 Å². The van der Waals surface area contributed by atoms with Crippen LogP contribution in [-0.2, 0) is 33.3 Å². The number of methoxy groups -OCH3 is 1. The van der Waals surface area contributed by atoms with Gasteiger partial charge in [-0.05, 0) is 93.0 Å². The van der Waals surface area contributed by atoms with E-state index in [9.17, 15) is 19.2 Å². The molecule has 5 atom stereocenters. The number of hydrogen-bond donors (Lipinski definition) is 2. The standard InChI is InChI=1S/C47H68N4O8/c1-30(2)44(52)49-42(39-13-9-12-38(48-39)35-22-26-57-27-23-35)40-19-18-37(59-40)28-41(58-29-32-10-7-6-8-11-32)43(50-45(53)31(3)4)46(54)51-24-20-34(21-25-51)33-14-16-36(17-15-33)47(55)56-5/h9,12-17,30-32,34-35,37,40-43H,6-8,10-11,18-29H2,1-5H3,(H,49,52)(H,50,53). The summed E-state index contributed by atoms with van der Waals surface area (Å²) in [6, 6.07) is 12.3. The molecule has 1 aromatic carbocycles. The van der Waals surface area contributed by atoms with Gasteiger partial charge in [0.2, 0.25) is 17.7 Å². The number of rotatable bonds is 16. The van der Waals surface area contributed by atoms with Gasteiger partial charge in [-0.15, -0.1) is 0 Å². The molecule has 1 aromatic heterocycles. The van der Waals surface area contributed by atoms with Crippen LogP contribution in [0.3, 0.4) is 0 Å². The van der Waals surface area contributed by atoms with E-state index in [1.807, 2.05) is 56.9 Å². The van der Waals surface area contributed by atoms with Crippen LogP contribution >= 0.6 is 0 Å². The molecule has 324 valence electrons. The van der Waals surface area contributed by atoms with Crippen LogP contribution < -0.4 is 10.6 Å². The van der Waals surface area contributed by atoms with E-state index in [1.54, 1.807) is 12.1 Å². The third kappa shape index (κ3) is 12.1. The normalized spacial score (nSPS) is 22.5. The molecule has 3 amide bonds. The second kappa shape index (κ2) is 21.6. The molecule has 12 nitrogen and oxygen atoms in total. The first-order valence-electron chi connectivity index (χ1n) is 22.4. The second-order valence-corrected chi connectivity index (χ2v) is 17.9. The highest BCUT2D eigenvalue weighted by atomic mass is 16.5. The Morgan fingerprint density at radius 3 is 2.14 bits per heavy atom. The smallest absolute Gasteiger partial charge is 0.337 e. The number of pyridine rings is 1. The molecular weight excluding hydrogens is 749 g/mol. The summed E-state index contributed by atoms with van der Waals surface area (Å²) in [5.74, 6) is -0.299. The van der Waals surface area contributed by atoms with E-state index in [0.717, 1.165) is 75.1 Å². The molecule has 0 spiro atoms. The number of amides is 3. The van der Waals surface area contributed by atoms with Gasteiger partial charge in [-0.2, -0.15) is 0 Å². The predicted octanol–water partition coefficient (Wildman–Crippen LogP) is 7.03. The average Bonchev–Trinajstić information content (AvgIpc) is 3.74. The Morgan fingerprint density at radius 2 is 1.47 bits per heavy atom. The lowest BCUT2D eigenvalue weighted by Gasteiger charge is -2.38. The van der Waals surface area contributed by atoms with Gasteiger partial charge in [0.05, 0.1) is 42.7 Å². The fourth-order valence-corrected chi connectivity index (χ4v) is 9.14. The van der Waals surface area contributed by atoms with Gasteiger partial charge < -0.3 is 34.5 Å². The minimum atomic E-state index is -0.874. The second-order valence-electron chi connectivity index (χ2n) is 17.9. The number of carbonyl (C=O) groups excluding carboxylic acids is 4. The molecular formula is C47H68N4O8. The van der Waals surface area contributed by atoms with Gasteiger partial charge in [-0.1, -0.05) is 65.2 Å². The van der Waals surface area contributed by atoms with E-state index in [2.05, 4.69) is 16.7 Å². The monoisotopic (exact) mass is 817 g/mol. The number of nitrogens with one attached hydrogen (secondary N) is 2. The van der Waals surface area contributed by atoms with Gasteiger partial charge >= 0.3 is 5.97 Å². The molecule has 0 radical (unpaired) electrons. The number of ether oxygens (including phenoxy) is 4. The van der Waals surface area contributed by atoms with E-state index in [-0.39, 0.29) is 53.7 Å². The van der Waals surface area contributed by atoms with Gasteiger partial charge in [0.15, 0.2) is 0 Å². The molecule has 12 heteroatoms. The van der Waals surface area contributed by atoms with Gasteiger partial charge in [0.25, 0.3) is 0 Å². The molecule has 1 saturated carbocycles. The SMILES string of the molecule is COC(=O)c1ccc(C2CCN(C(=O)C(NC(=O)C(C)C)C(CC3CCC(C(NC(=O)C(C)C)c4cccc(C5CCOCC5)n4)O3)OCC3CCCCC3)CC2)cc1. The summed E-state index contributed by atoms with van der Waals surface area (Å²) >= 11 is 0. The summed E-state index contributed by atoms with van der Waals surface area (Å²) in [5, 5.41) is 6.42. The highest BCUT2D eigenvalue weighted by molar-refractivity contribution is 5.89. The average molecular weight is 817 g/mol. The lowest BCUT2D eigenvalue weighted by atomic mass is 9.88. The van der Waals surface area contributed by atoms with Gasteiger partial charge in [0.1, 0.15) is 6.04 Å². The summed E-state index contributed by atoms with van der Waals surface area (Å²) < 4.78 is 24.2. The summed E-state index contributed by atoms with van der Waals surface area (Å²) in [6.07, 6.45) is 9.82. The number of esters is 1. The molecule has 1 aliphatic carbocycles. The van der Waals surface area contributed by atoms with Crippen molar-refractivity contribution in [2.45, 2.75) is 147 Å². The molecule has 4 aliphatic rings. The van der Waals surface area contributed by atoms with Crippen molar-refractivity contribution in [3.05, 3.63) is 65.0 Å². The molecule has 3 saturated heterocycles. The van der Waals surface area contributed by atoms with Crippen LogP contribution in [0.1, 0.15) is 150 Å². The first-order chi connectivity index (χ1) is 28.5. The number of hydrogen-bond acceptors (Lipinski definition) is 9. The van der Waals surface area contributed by atoms with E-state index < -0.39 is 18.2 Å². The van der Waals surface area contributed by atoms with Crippen molar-refractivity contribution in [2.75, 3.05) is 40.0 Å². The minimum Gasteiger partial charge on any atom is -0.465 e. The number of carbonyl (C=O) groups is 4. The number of piperidine rings is 1. The molecule has 2 N–H and O–H groups in total. The molecule has 4 fully saturated rings. The van der Waals surface area contributed by atoms with Crippen molar-refractivity contribution in [1.82, 2.24) is 20.5 Å². The Balaban J connectivity index is 1.20. The Kier molecular flexibility index (Phi) is 16.3. The maximum Gasteiger partial charge on any atom is 0.337 e. The van der Waals surface area contributed by atoms with Crippen LogP contribution in [-0.4, -0.2) is 97.9 Å². The van der Waals surface area contributed by atoms with Crippen LogP contribution in [0.15, 0.2) is 42.5 Å². The van der Waals surface area contributed by atoms with Crippen LogP contribution in [0, 0.1) is 17.8 Å². The first-order valence-corrected chi connectivity index (χ1v) is 22.4. The van der Waals surface area contributed by atoms with E-state index in [0.29, 0.717) is 49.9 Å². The molecule has 0 bridgehead atoms. The molecule has 6 rings (SSSR count). The first kappa shape index (κ1) is 44.7. The maximum atomic E-state index is 14.7. The zero-order valence-electron chi connectivity index (χ0n) is 36.0. The van der Waals surface area contributed by atoms with Crippen LogP contribution in [0.2, 0.25) is 0 Å². The van der Waals surface area contributed by atoms with E-state index in [1.165, 1.54) is 26.4 Å². The Hall–Kier alpha value is -3.87. The van der Waals surface area contributed by atoms with E-state index >= 15 is 0 Å². The topological polar surface area (TPSA) is 145 Å². The third-order valence-electron chi connectivity index (χ3n) is 12.9. The molecule has 3 aliphatic heterocycles. The van der Waals surface area contributed by atoms with Gasteiger partial charge in [-0.3, -0.25) is 19.4 Å². The zero-order chi connectivity index (χ0) is 41.9. The molecule has 2 aromatic rings. The third-order valence-corrected chi connectivity index (χ3v) is 12.9. The van der Waals surface area contributed by atoms with Crippen molar-refractivity contribution in [3.8, 4) is 0 Å². The summed E-state index contributed by atoms with van der Waals surface area (Å²) in [5.41, 5.74) is 3.45. The maximum absolute atomic E-state index is 14.7. The van der Waals surface area contributed by atoms with Crippen molar-refractivity contribution in [3.63, 3.8) is 0 Å². The van der Waals surface area contributed by atoms with Crippen molar-refractivity contribution < 1.29 is 38.1 Å². The Morgan fingerprint density at radius 1 is 0.797 bits per heavy atom. The fraction of sp³-hybridized carbons (Fsp3) is 0.681. The summed E-state index contributed by atoms with van der Waals surface area (Å²) in [4.78, 5) is 60.4. The lowest BCUT2D eigenvalue weighted by Crippen LogP contribution is -2.57. The Bertz CT molecular complexity index is 1680. The van der Waals surface area contributed by atoms with Gasteiger partial charge in [-0.25, -0.2) is 4.79 Å². The highest BCUT2D eigenvalue weighted by Gasteiger charge is 2.41. The number of aromatic nitrogens is 1. The van der Waals surface area contributed by atoms with Crippen molar-refractivity contribution in [2.24, 2.45) is 17.8 Å². The minimum absolute atomic E-state index is 0.0574. The number of benzene rings is 1. The molecule has 4 heterocycles. The van der Waals surface area contributed by atoms with Crippen molar-refractivity contribution in [1.29, 1.82) is 0 Å². The summed E-state index contributed by atoms with van der Waals surface area (Å²) in [7, 11) is 1.38. The largest absolute Gasteiger partial charge is 0.465 e. The quantitative estimate of drug-likeness (QED) is 0.171. The fourth-order valence-electron chi connectivity index (χ4n) is 9.14. The predicted molar refractivity (Wildman–Crippen MR) is 225 cm³/mol. The van der Waals surface area contributed by atoms with Crippen LogP contribution in [0.25, 0.3) is 0 Å². The Labute approximate surface area is 351 Å². The van der Waals surface area contributed by atoms with Crippen molar-refractivity contribution >= 4 is 23.7 Å².